The van der Waals surface area contributed by atoms with Gasteiger partial charge in [0, 0.05) is 18.7 Å². The van der Waals surface area contributed by atoms with Crippen molar-refractivity contribution in [1.29, 1.82) is 0 Å². The van der Waals surface area contributed by atoms with Crippen molar-refractivity contribution in [1.82, 2.24) is 20.2 Å². The Bertz CT molecular complexity index is 818. The zero-order chi connectivity index (χ0) is 20.5. The smallest absolute Gasteiger partial charge is 0.254 e. The number of carbonyl (C=O) groups is 1. The lowest BCUT2D eigenvalue weighted by Crippen LogP contribution is -2.53. The third kappa shape index (κ3) is 3.86. The van der Waals surface area contributed by atoms with Crippen LogP contribution in [0.1, 0.15) is 13.8 Å². The number of anilines is 2. The number of nitrogens with one attached hydrogen (secondary N) is 3. The molecule has 1 aromatic rings. The lowest BCUT2D eigenvalue weighted by Gasteiger charge is -2.31. The molecule has 3 aliphatic rings. The van der Waals surface area contributed by atoms with E-state index in [-0.39, 0.29) is 18.5 Å². The fourth-order valence-corrected chi connectivity index (χ4v) is 3.48. The van der Waals surface area contributed by atoms with Gasteiger partial charge >= 0.3 is 0 Å². The number of hydrogen-bond donors (Lipinski definition) is 5. The molecule has 156 valence electrons. The Morgan fingerprint density at radius 1 is 1.24 bits per heavy atom. The molecule has 0 bridgehead atoms. The highest BCUT2D eigenvalue weighted by Gasteiger charge is 2.50. The Balaban J connectivity index is 1.39. The van der Waals surface area contributed by atoms with Crippen LogP contribution in [0.15, 0.2) is 22.4 Å². The van der Waals surface area contributed by atoms with E-state index >= 15 is 0 Å². The van der Waals surface area contributed by atoms with Crippen LogP contribution in [0.3, 0.4) is 0 Å². The zero-order valence-corrected chi connectivity index (χ0v) is 16.0. The lowest BCUT2D eigenvalue weighted by molar-refractivity contribution is -0.123. The minimum atomic E-state index is -1.18. The first kappa shape index (κ1) is 19.5. The first-order valence-electron chi connectivity index (χ1n) is 9.41. The van der Waals surface area contributed by atoms with E-state index in [1.54, 1.807) is 11.0 Å². The standard InChI is InChI=1S/C17H24N8O4/c1-8(2)24-11-3-10(19-5-20-11)18-4-9-13(26)14(27)17(29-9)25-7-23-12-15(25)21-6-22-16(12)28/h3,5-9,12-15,17,26-27H,4H2,1-2H3,(H,21,22,28)(H2,18,19,20,24)/t9-,12?,13-,14-,15?,17-/m1/s1. The lowest BCUT2D eigenvalue weighted by atomic mass is 10.1. The number of amides is 1. The molecule has 6 atom stereocenters. The number of aliphatic hydroxyl groups is 2. The Morgan fingerprint density at radius 2 is 2.03 bits per heavy atom. The van der Waals surface area contributed by atoms with Crippen molar-refractivity contribution in [2.45, 2.75) is 56.6 Å². The van der Waals surface area contributed by atoms with Gasteiger partial charge in [-0.25, -0.2) is 15.0 Å². The summed E-state index contributed by atoms with van der Waals surface area (Å²) in [4.78, 5) is 30.1. The van der Waals surface area contributed by atoms with Crippen molar-refractivity contribution in [3.05, 3.63) is 12.4 Å². The molecule has 1 saturated heterocycles. The van der Waals surface area contributed by atoms with Gasteiger partial charge in [0.1, 0.15) is 36.3 Å². The topological polar surface area (TPSA) is 157 Å². The van der Waals surface area contributed by atoms with Crippen LogP contribution in [0, 0.1) is 0 Å². The summed E-state index contributed by atoms with van der Waals surface area (Å²) >= 11 is 0. The van der Waals surface area contributed by atoms with Gasteiger partial charge < -0.3 is 35.8 Å². The number of nitrogens with zero attached hydrogens (tertiary/aromatic N) is 5. The van der Waals surface area contributed by atoms with Gasteiger partial charge in [-0.3, -0.25) is 9.79 Å². The highest BCUT2D eigenvalue weighted by atomic mass is 16.6. The summed E-state index contributed by atoms with van der Waals surface area (Å²) in [7, 11) is 0. The number of ether oxygens (including phenoxy) is 1. The highest BCUT2D eigenvalue weighted by molar-refractivity contribution is 5.96. The SMILES string of the molecule is CC(C)Nc1cc(NC[C@H]2O[C@@H](N3C=NC4C(=O)NC=NC43)[C@H](O)[C@@H]2O)ncn1. The van der Waals surface area contributed by atoms with Crippen molar-refractivity contribution in [2.75, 3.05) is 17.2 Å². The molecule has 2 unspecified atom stereocenters. The van der Waals surface area contributed by atoms with Crippen LogP contribution in [-0.2, 0) is 9.53 Å². The van der Waals surface area contributed by atoms with E-state index in [0.29, 0.717) is 11.6 Å². The third-order valence-electron chi connectivity index (χ3n) is 4.87. The number of aromatic nitrogens is 2. The van der Waals surface area contributed by atoms with Crippen molar-refractivity contribution >= 4 is 30.2 Å². The number of aliphatic imine (C=N–C) groups is 2. The Hall–Kier alpha value is -2.83. The average Bonchev–Trinajstić information content (AvgIpc) is 3.23. The second kappa shape index (κ2) is 7.89. The van der Waals surface area contributed by atoms with Crippen LogP contribution in [0.4, 0.5) is 11.6 Å². The predicted octanol–water partition coefficient (Wildman–Crippen LogP) is -1.65. The summed E-state index contributed by atoms with van der Waals surface area (Å²) < 4.78 is 5.88. The van der Waals surface area contributed by atoms with Crippen LogP contribution < -0.4 is 16.0 Å². The molecule has 12 heteroatoms. The average molecular weight is 404 g/mol. The molecule has 1 fully saturated rings. The Labute approximate surface area is 167 Å². The maximum Gasteiger partial charge on any atom is 0.254 e. The predicted molar refractivity (Wildman–Crippen MR) is 104 cm³/mol. The summed E-state index contributed by atoms with van der Waals surface area (Å²) in [6, 6.07) is 1.28. The molecule has 0 aliphatic carbocycles. The van der Waals surface area contributed by atoms with Gasteiger partial charge in [-0.1, -0.05) is 0 Å². The van der Waals surface area contributed by atoms with Crippen LogP contribution >= 0.6 is 0 Å². The van der Waals surface area contributed by atoms with Crippen LogP contribution in [0.5, 0.6) is 0 Å². The van der Waals surface area contributed by atoms with Gasteiger partial charge in [-0.05, 0) is 13.8 Å². The second-order valence-electron chi connectivity index (χ2n) is 7.37. The van der Waals surface area contributed by atoms with E-state index in [4.69, 9.17) is 4.74 Å². The number of aliphatic hydroxyl groups excluding tert-OH is 2. The summed E-state index contributed by atoms with van der Waals surface area (Å²) in [5.74, 6) is 0.967. The number of rotatable bonds is 6. The Morgan fingerprint density at radius 3 is 2.83 bits per heavy atom. The van der Waals surface area contributed by atoms with Gasteiger partial charge in [0.15, 0.2) is 18.4 Å². The molecule has 5 N–H and O–H groups in total. The van der Waals surface area contributed by atoms with Crippen LogP contribution in [0.25, 0.3) is 0 Å². The molecule has 4 heterocycles. The molecule has 0 spiro atoms. The summed E-state index contributed by atoms with van der Waals surface area (Å²) in [6.45, 7) is 4.23. The molecule has 4 rings (SSSR count). The monoisotopic (exact) mass is 404 g/mol. The number of carbonyl (C=O) groups excluding carboxylic acids is 1. The molecular weight excluding hydrogens is 380 g/mol. The minimum Gasteiger partial charge on any atom is -0.387 e. The van der Waals surface area contributed by atoms with E-state index in [2.05, 4.69) is 35.9 Å². The molecule has 0 aromatic carbocycles. The minimum absolute atomic E-state index is 0.218. The largest absolute Gasteiger partial charge is 0.387 e. The maximum atomic E-state index is 11.9. The number of hydrogen-bond acceptors (Lipinski definition) is 11. The number of fused-ring (bicyclic) bond motifs is 1. The van der Waals surface area contributed by atoms with Gasteiger partial charge in [0.25, 0.3) is 5.91 Å². The fourth-order valence-electron chi connectivity index (χ4n) is 3.48. The van der Waals surface area contributed by atoms with Gasteiger partial charge in [-0.15, -0.1) is 0 Å². The molecule has 1 amide bonds. The quantitative estimate of drug-likeness (QED) is 0.375. The molecule has 12 nitrogen and oxygen atoms in total. The van der Waals surface area contributed by atoms with Crippen molar-refractivity contribution in [3.8, 4) is 0 Å². The van der Waals surface area contributed by atoms with Crippen molar-refractivity contribution in [2.24, 2.45) is 9.98 Å². The molecule has 0 saturated carbocycles. The Kier molecular flexibility index (Phi) is 5.30. The normalized spacial score (nSPS) is 33.1. The van der Waals surface area contributed by atoms with E-state index in [1.165, 1.54) is 19.0 Å². The van der Waals surface area contributed by atoms with Crippen LogP contribution in [0.2, 0.25) is 0 Å². The molecule has 29 heavy (non-hydrogen) atoms. The summed E-state index contributed by atoms with van der Waals surface area (Å²) in [5, 5.41) is 29.7. The van der Waals surface area contributed by atoms with Crippen molar-refractivity contribution < 1.29 is 19.7 Å². The summed E-state index contributed by atoms with van der Waals surface area (Å²) in [5.41, 5.74) is 0. The van der Waals surface area contributed by atoms with E-state index < -0.39 is 36.7 Å². The zero-order valence-electron chi connectivity index (χ0n) is 16.0. The van der Waals surface area contributed by atoms with Gasteiger partial charge in [-0.2, -0.15) is 0 Å². The highest BCUT2D eigenvalue weighted by Crippen LogP contribution is 2.29. The van der Waals surface area contributed by atoms with E-state index in [9.17, 15) is 15.0 Å². The molecule has 1 aromatic heterocycles. The summed E-state index contributed by atoms with van der Waals surface area (Å²) in [6.07, 6.45) is -0.310. The molecule has 0 radical (unpaired) electrons. The van der Waals surface area contributed by atoms with Crippen molar-refractivity contribution in [3.63, 3.8) is 0 Å². The van der Waals surface area contributed by atoms with Crippen LogP contribution in [-0.4, -0.2) is 93.0 Å². The maximum absolute atomic E-state index is 11.9. The molecular formula is C17H24N8O4. The fraction of sp³-hybridized carbons (Fsp3) is 0.588. The van der Waals surface area contributed by atoms with E-state index in [1.807, 2.05) is 13.8 Å². The second-order valence-corrected chi connectivity index (χ2v) is 7.37. The van der Waals surface area contributed by atoms with Gasteiger partial charge in [0.05, 0.1) is 12.7 Å². The van der Waals surface area contributed by atoms with Gasteiger partial charge in [0.2, 0.25) is 0 Å². The first-order chi connectivity index (χ1) is 13.9. The third-order valence-corrected chi connectivity index (χ3v) is 4.87. The first-order valence-corrected chi connectivity index (χ1v) is 9.41. The molecule has 3 aliphatic heterocycles. The van der Waals surface area contributed by atoms with E-state index in [0.717, 1.165) is 0 Å².